The summed E-state index contributed by atoms with van der Waals surface area (Å²) in [7, 11) is 0. The first-order valence-electron chi connectivity index (χ1n) is 6.73. The van der Waals surface area contributed by atoms with Crippen molar-refractivity contribution in [2.75, 3.05) is 24.6 Å². The largest absolute Gasteiger partial charge is 0.396 e. The van der Waals surface area contributed by atoms with Gasteiger partial charge in [-0.15, -0.1) is 0 Å². The van der Waals surface area contributed by atoms with Crippen LogP contribution in [0.25, 0.3) is 0 Å². The van der Waals surface area contributed by atoms with Gasteiger partial charge in [0.25, 0.3) is 0 Å². The lowest BCUT2D eigenvalue weighted by Gasteiger charge is -2.17. The van der Waals surface area contributed by atoms with Crippen molar-refractivity contribution in [2.24, 2.45) is 5.92 Å². The van der Waals surface area contributed by atoms with Gasteiger partial charge in [0.05, 0.1) is 0 Å². The molecule has 0 bridgehead atoms. The van der Waals surface area contributed by atoms with Gasteiger partial charge in [0.2, 0.25) is 0 Å². The Labute approximate surface area is 109 Å². The molecule has 1 aromatic heterocycles. The van der Waals surface area contributed by atoms with E-state index in [-0.39, 0.29) is 6.61 Å². The van der Waals surface area contributed by atoms with Crippen LogP contribution in [0.3, 0.4) is 0 Å². The summed E-state index contributed by atoms with van der Waals surface area (Å²) in [4.78, 5) is 6.76. The van der Waals surface area contributed by atoms with E-state index in [0.717, 1.165) is 31.9 Å². The minimum atomic E-state index is 0.285. The van der Waals surface area contributed by atoms with Gasteiger partial charge < -0.3 is 15.3 Å². The Bertz CT molecular complexity index is 364. The van der Waals surface area contributed by atoms with Crippen molar-refractivity contribution >= 4 is 5.82 Å². The summed E-state index contributed by atoms with van der Waals surface area (Å²) in [5.74, 6) is 1.44. The first kappa shape index (κ1) is 13.3. The summed E-state index contributed by atoms with van der Waals surface area (Å²) < 4.78 is 0. The third kappa shape index (κ3) is 3.43. The topological polar surface area (TPSA) is 48.4 Å². The van der Waals surface area contributed by atoms with Gasteiger partial charge in [0.15, 0.2) is 0 Å². The summed E-state index contributed by atoms with van der Waals surface area (Å²) >= 11 is 0. The Morgan fingerprint density at radius 1 is 1.50 bits per heavy atom. The second kappa shape index (κ2) is 6.16. The van der Waals surface area contributed by atoms with Crippen LogP contribution in [0.4, 0.5) is 5.82 Å². The van der Waals surface area contributed by atoms with Gasteiger partial charge in [-0.3, -0.25) is 0 Å². The number of aliphatic hydroxyl groups excluding tert-OH is 1. The van der Waals surface area contributed by atoms with Gasteiger partial charge in [0, 0.05) is 44.4 Å². The van der Waals surface area contributed by atoms with Gasteiger partial charge in [-0.05, 0) is 18.1 Å². The van der Waals surface area contributed by atoms with E-state index in [9.17, 15) is 0 Å². The monoisotopic (exact) mass is 249 g/mol. The number of nitrogens with one attached hydrogen (secondary N) is 1. The minimum absolute atomic E-state index is 0.285. The zero-order chi connectivity index (χ0) is 13.0. The quantitative estimate of drug-likeness (QED) is 0.828. The smallest absolute Gasteiger partial charge is 0.128 e. The van der Waals surface area contributed by atoms with Crippen molar-refractivity contribution < 1.29 is 5.11 Å². The van der Waals surface area contributed by atoms with E-state index in [0.29, 0.717) is 12.0 Å². The second-order valence-corrected chi connectivity index (χ2v) is 5.34. The number of hydrogen-bond acceptors (Lipinski definition) is 4. The highest BCUT2D eigenvalue weighted by Crippen LogP contribution is 2.21. The maximum Gasteiger partial charge on any atom is 0.128 e. The molecule has 2 heterocycles. The molecule has 100 valence electrons. The molecule has 1 unspecified atom stereocenters. The highest BCUT2D eigenvalue weighted by Gasteiger charge is 2.22. The Hall–Kier alpha value is -1.13. The van der Waals surface area contributed by atoms with Crippen LogP contribution in [-0.2, 0) is 6.54 Å². The van der Waals surface area contributed by atoms with E-state index in [1.807, 2.05) is 6.20 Å². The molecule has 4 heteroatoms. The van der Waals surface area contributed by atoms with Gasteiger partial charge in [0.1, 0.15) is 5.82 Å². The van der Waals surface area contributed by atoms with Crippen molar-refractivity contribution in [3.8, 4) is 0 Å². The minimum Gasteiger partial charge on any atom is -0.396 e. The molecule has 2 rings (SSSR count). The highest BCUT2D eigenvalue weighted by atomic mass is 16.3. The SMILES string of the molecule is CC(C)NCc1ccc(N2CCC(CO)C2)nc1. The average molecular weight is 249 g/mol. The molecule has 0 aliphatic carbocycles. The van der Waals surface area contributed by atoms with Crippen molar-refractivity contribution in [2.45, 2.75) is 32.9 Å². The molecule has 1 aliphatic heterocycles. The summed E-state index contributed by atoms with van der Waals surface area (Å²) in [6, 6.07) is 4.70. The number of nitrogens with zero attached hydrogens (tertiary/aromatic N) is 2. The van der Waals surface area contributed by atoms with Gasteiger partial charge in [-0.1, -0.05) is 19.9 Å². The molecule has 0 aromatic carbocycles. The fraction of sp³-hybridized carbons (Fsp3) is 0.643. The third-order valence-corrected chi connectivity index (χ3v) is 3.39. The molecule has 1 saturated heterocycles. The molecule has 1 aliphatic rings. The fourth-order valence-electron chi connectivity index (χ4n) is 2.22. The number of anilines is 1. The lowest BCUT2D eigenvalue weighted by Crippen LogP contribution is -2.23. The molecule has 0 spiro atoms. The predicted octanol–water partition coefficient (Wildman–Crippen LogP) is 1.40. The van der Waals surface area contributed by atoms with Gasteiger partial charge in [-0.25, -0.2) is 4.98 Å². The van der Waals surface area contributed by atoms with Crippen LogP contribution in [0.5, 0.6) is 0 Å². The molecule has 1 atom stereocenters. The number of aliphatic hydroxyl groups is 1. The van der Waals surface area contributed by atoms with Crippen LogP contribution in [0, 0.1) is 5.92 Å². The van der Waals surface area contributed by atoms with Crippen LogP contribution in [0.1, 0.15) is 25.8 Å². The lowest BCUT2D eigenvalue weighted by atomic mass is 10.1. The second-order valence-electron chi connectivity index (χ2n) is 5.34. The zero-order valence-electron chi connectivity index (χ0n) is 11.3. The molecule has 1 aromatic rings. The van der Waals surface area contributed by atoms with Crippen molar-refractivity contribution in [1.29, 1.82) is 0 Å². The molecule has 0 radical (unpaired) electrons. The standard InChI is InChI=1S/C14H23N3O/c1-11(2)15-7-12-3-4-14(16-8-12)17-6-5-13(9-17)10-18/h3-4,8,11,13,15,18H,5-7,9-10H2,1-2H3. The molecule has 18 heavy (non-hydrogen) atoms. The first-order valence-corrected chi connectivity index (χ1v) is 6.73. The average Bonchev–Trinajstić information content (AvgIpc) is 2.85. The lowest BCUT2D eigenvalue weighted by molar-refractivity contribution is 0.238. The van der Waals surface area contributed by atoms with Crippen molar-refractivity contribution in [3.05, 3.63) is 23.9 Å². The van der Waals surface area contributed by atoms with Crippen LogP contribution in [0.2, 0.25) is 0 Å². The highest BCUT2D eigenvalue weighted by molar-refractivity contribution is 5.40. The molecule has 0 amide bonds. The number of pyridine rings is 1. The van der Waals surface area contributed by atoms with Crippen LogP contribution in [-0.4, -0.2) is 35.8 Å². The van der Waals surface area contributed by atoms with E-state index < -0.39 is 0 Å². The van der Waals surface area contributed by atoms with Gasteiger partial charge in [-0.2, -0.15) is 0 Å². The Morgan fingerprint density at radius 3 is 2.89 bits per heavy atom. The van der Waals surface area contributed by atoms with Crippen molar-refractivity contribution in [3.63, 3.8) is 0 Å². The molecular weight excluding hydrogens is 226 g/mol. The summed E-state index contributed by atoms with van der Waals surface area (Å²) in [5, 5.41) is 12.5. The normalized spacial score (nSPS) is 19.8. The Kier molecular flexibility index (Phi) is 4.55. The summed E-state index contributed by atoms with van der Waals surface area (Å²) in [6.45, 7) is 7.36. The number of rotatable bonds is 5. The predicted molar refractivity (Wildman–Crippen MR) is 73.6 cm³/mol. The first-order chi connectivity index (χ1) is 8.69. The van der Waals surface area contributed by atoms with Crippen LogP contribution >= 0.6 is 0 Å². The maximum atomic E-state index is 9.14. The number of hydrogen-bond donors (Lipinski definition) is 2. The van der Waals surface area contributed by atoms with Gasteiger partial charge >= 0.3 is 0 Å². The van der Waals surface area contributed by atoms with E-state index in [1.165, 1.54) is 5.56 Å². The summed E-state index contributed by atoms with van der Waals surface area (Å²) in [5.41, 5.74) is 1.21. The van der Waals surface area contributed by atoms with Crippen molar-refractivity contribution in [1.82, 2.24) is 10.3 Å². The molecule has 0 saturated carbocycles. The fourth-order valence-corrected chi connectivity index (χ4v) is 2.22. The molecular formula is C14H23N3O. The zero-order valence-corrected chi connectivity index (χ0v) is 11.3. The molecule has 2 N–H and O–H groups in total. The number of aromatic nitrogens is 1. The molecule has 1 fully saturated rings. The third-order valence-electron chi connectivity index (χ3n) is 3.39. The van der Waals surface area contributed by atoms with E-state index in [2.05, 4.69) is 41.2 Å². The van der Waals surface area contributed by atoms with Crippen LogP contribution < -0.4 is 10.2 Å². The van der Waals surface area contributed by atoms with E-state index >= 15 is 0 Å². The van der Waals surface area contributed by atoms with Crippen LogP contribution in [0.15, 0.2) is 18.3 Å². The van der Waals surface area contributed by atoms with E-state index in [1.54, 1.807) is 0 Å². The summed E-state index contributed by atoms with van der Waals surface area (Å²) in [6.07, 6.45) is 3.01. The Morgan fingerprint density at radius 2 is 2.33 bits per heavy atom. The molecule has 4 nitrogen and oxygen atoms in total. The maximum absolute atomic E-state index is 9.14. The van der Waals surface area contributed by atoms with E-state index in [4.69, 9.17) is 5.11 Å². The Balaban J connectivity index is 1.91.